The molecule has 0 bridgehead atoms. The van der Waals surface area contributed by atoms with Gasteiger partial charge in [-0.3, -0.25) is 4.99 Å². The van der Waals surface area contributed by atoms with Gasteiger partial charge in [-0.15, -0.1) is 24.0 Å². The molecule has 0 aliphatic heterocycles. The average molecular weight is 501 g/mol. The van der Waals surface area contributed by atoms with Crippen molar-refractivity contribution in [2.45, 2.75) is 46.1 Å². The largest absolute Gasteiger partial charge is 0.467 e. The van der Waals surface area contributed by atoms with Gasteiger partial charge in [-0.1, -0.05) is 24.3 Å². The average Bonchev–Trinajstić information content (AvgIpc) is 3.19. The van der Waals surface area contributed by atoms with Crippen LogP contribution in [0.1, 0.15) is 37.2 Å². The molecule has 2 N–H and O–H groups in total. The van der Waals surface area contributed by atoms with Crippen molar-refractivity contribution < 1.29 is 13.9 Å². The number of nitrogens with zero attached hydrogens (tertiary/aromatic N) is 1. The molecule has 0 atom stereocenters. The summed E-state index contributed by atoms with van der Waals surface area (Å²) in [5.41, 5.74) is 2.39. The number of ether oxygens (including phenoxy) is 2. The molecule has 0 radical (unpaired) electrons. The lowest BCUT2D eigenvalue weighted by Gasteiger charge is -2.12. The second kappa shape index (κ2) is 14.4. The predicted octanol–water partition coefficient (Wildman–Crippen LogP) is 4.09. The monoisotopic (exact) mass is 501 g/mol. The summed E-state index contributed by atoms with van der Waals surface area (Å²) in [6, 6.07) is 12.2. The van der Waals surface area contributed by atoms with Crippen molar-refractivity contribution in [2.24, 2.45) is 4.99 Å². The summed E-state index contributed by atoms with van der Waals surface area (Å²) < 4.78 is 16.4. The molecule has 7 heteroatoms. The number of hydrogen-bond acceptors (Lipinski definition) is 4. The Morgan fingerprint density at radius 3 is 2.46 bits per heavy atom. The first kappa shape index (κ1) is 24.5. The van der Waals surface area contributed by atoms with Crippen LogP contribution in [0.3, 0.4) is 0 Å². The third kappa shape index (κ3) is 10.1. The van der Waals surface area contributed by atoms with E-state index < -0.39 is 0 Å². The van der Waals surface area contributed by atoms with Crippen LogP contribution in [0, 0.1) is 0 Å². The molecule has 156 valence electrons. The predicted molar refractivity (Wildman–Crippen MR) is 123 cm³/mol. The van der Waals surface area contributed by atoms with E-state index in [0.29, 0.717) is 19.8 Å². The van der Waals surface area contributed by atoms with Gasteiger partial charge in [0.15, 0.2) is 5.96 Å². The zero-order valence-electron chi connectivity index (χ0n) is 16.9. The minimum Gasteiger partial charge on any atom is -0.467 e. The van der Waals surface area contributed by atoms with E-state index in [1.165, 1.54) is 11.1 Å². The number of nitrogens with one attached hydrogen (secondary N) is 2. The Morgan fingerprint density at radius 1 is 1.07 bits per heavy atom. The first-order valence-electron chi connectivity index (χ1n) is 9.41. The van der Waals surface area contributed by atoms with E-state index in [2.05, 4.69) is 39.9 Å². The highest BCUT2D eigenvalue weighted by Crippen LogP contribution is 2.07. The fourth-order valence-electron chi connectivity index (χ4n) is 2.37. The van der Waals surface area contributed by atoms with Crippen LogP contribution in [-0.4, -0.2) is 32.3 Å². The minimum absolute atomic E-state index is 0. The van der Waals surface area contributed by atoms with Gasteiger partial charge in [-0.2, -0.15) is 0 Å². The minimum atomic E-state index is 0. The first-order valence-corrected chi connectivity index (χ1v) is 9.41. The molecule has 0 saturated heterocycles. The molecule has 2 rings (SSSR count). The summed E-state index contributed by atoms with van der Waals surface area (Å²) in [7, 11) is 1.77. The number of furan rings is 1. The molecule has 1 aromatic heterocycles. The van der Waals surface area contributed by atoms with E-state index in [9.17, 15) is 0 Å². The van der Waals surface area contributed by atoms with Gasteiger partial charge >= 0.3 is 0 Å². The second-order valence-electron chi connectivity index (χ2n) is 6.51. The number of guanidine groups is 1. The van der Waals surface area contributed by atoms with Crippen LogP contribution >= 0.6 is 24.0 Å². The number of halogens is 1. The number of benzene rings is 1. The third-order valence-corrected chi connectivity index (χ3v) is 3.87. The lowest BCUT2D eigenvalue weighted by molar-refractivity contribution is 0.0657. The molecule has 0 spiro atoms. The quantitative estimate of drug-likeness (QED) is 0.210. The SMILES string of the molecule is CN=C(NCCCOCc1ccco1)NCc1ccc(COC(C)C)cc1.I. The normalized spacial score (nSPS) is 11.4. The maximum atomic E-state index is 5.62. The van der Waals surface area contributed by atoms with E-state index in [1.54, 1.807) is 13.3 Å². The van der Waals surface area contributed by atoms with Gasteiger partial charge in [0.2, 0.25) is 0 Å². The van der Waals surface area contributed by atoms with Gasteiger partial charge in [-0.25, -0.2) is 0 Å². The Labute approximate surface area is 185 Å². The van der Waals surface area contributed by atoms with Crippen molar-refractivity contribution in [3.63, 3.8) is 0 Å². The van der Waals surface area contributed by atoms with E-state index >= 15 is 0 Å². The zero-order valence-corrected chi connectivity index (χ0v) is 19.3. The molecule has 0 aliphatic carbocycles. The number of aliphatic imine (C=N–C) groups is 1. The molecular formula is C21H32IN3O3. The summed E-state index contributed by atoms with van der Waals surface area (Å²) in [6.45, 7) is 7.44. The fraction of sp³-hybridized carbons (Fsp3) is 0.476. The Bertz CT molecular complexity index is 658. The topological polar surface area (TPSA) is 68.0 Å². The molecule has 0 amide bonds. The van der Waals surface area contributed by atoms with Crippen LogP contribution < -0.4 is 10.6 Å². The number of hydrogen-bond donors (Lipinski definition) is 2. The highest BCUT2D eigenvalue weighted by Gasteiger charge is 2.01. The molecular weight excluding hydrogens is 469 g/mol. The molecule has 0 aliphatic rings. The van der Waals surface area contributed by atoms with Crippen molar-refractivity contribution in [2.75, 3.05) is 20.2 Å². The Kier molecular flexibility index (Phi) is 12.6. The van der Waals surface area contributed by atoms with Crippen LogP contribution in [0.25, 0.3) is 0 Å². The molecule has 0 fully saturated rings. The lowest BCUT2D eigenvalue weighted by atomic mass is 10.1. The van der Waals surface area contributed by atoms with E-state index in [4.69, 9.17) is 13.9 Å². The molecule has 6 nitrogen and oxygen atoms in total. The van der Waals surface area contributed by atoms with Crippen molar-refractivity contribution in [1.82, 2.24) is 10.6 Å². The molecule has 28 heavy (non-hydrogen) atoms. The summed E-state index contributed by atoms with van der Waals surface area (Å²) in [4.78, 5) is 4.25. The summed E-state index contributed by atoms with van der Waals surface area (Å²) in [6.07, 6.45) is 2.80. The van der Waals surface area contributed by atoms with Crippen LogP contribution in [0.15, 0.2) is 52.1 Å². The zero-order chi connectivity index (χ0) is 19.3. The molecule has 2 aromatic rings. The summed E-state index contributed by atoms with van der Waals surface area (Å²) >= 11 is 0. The molecule has 0 saturated carbocycles. The van der Waals surface area contributed by atoms with Gasteiger partial charge in [0, 0.05) is 26.7 Å². The van der Waals surface area contributed by atoms with E-state index in [-0.39, 0.29) is 30.1 Å². The maximum absolute atomic E-state index is 5.62. The van der Waals surface area contributed by atoms with Gasteiger partial charge in [-0.05, 0) is 43.5 Å². The maximum Gasteiger partial charge on any atom is 0.191 e. The summed E-state index contributed by atoms with van der Waals surface area (Å²) in [5, 5.41) is 6.61. The van der Waals surface area contributed by atoms with Crippen LogP contribution in [0.2, 0.25) is 0 Å². The van der Waals surface area contributed by atoms with Gasteiger partial charge < -0.3 is 24.5 Å². The third-order valence-electron chi connectivity index (χ3n) is 3.87. The van der Waals surface area contributed by atoms with Crippen molar-refractivity contribution in [1.29, 1.82) is 0 Å². The Balaban J connectivity index is 0.00000392. The standard InChI is InChI=1S/C21H31N3O3.HI/c1-17(2)27-15-19-9-7-18(8-10-19)14-24-21(22-3)23-11-5-12-25-16-20-6-4-13-26-20;/h4,6-10,13,17H,5,11-12,14-16H2,1-3H3,(H2,22,23,24);1H. The molecule has 1 heterocycles. The van der Waals surface area contributed by atoms with E-state index in [1.807, 2.05) is 26.0 Å². The highest BCUT2D eigenvalue weighted by atomic mass is 127. The van der Waals surface area contributed by atoms with Crippen molar-refractivity contribution in [3.8, 4) is 0 Å². The lowest BCUT2D eigenvalue weighted by Crippen LogP contribution is -2.37. The van der Waals surface area contributed by atoms with Crippen LogP contribution in [0.4, 0.5) is 0 Å². The van der Waals surface area contributed by atoms with Crippen LogP contribution in [-0.2, 0) is 29.2 Å². The highest BCUT2D eigenvalue weighted by molar-refractivity contribution is 14.0. The van der Waals surface area contributed by atoms with Gasteiger partial charge in [0.1, 0.15) is 12.4 Å². The molecule has 1 aromatic carbocycles. The molecule has 0 unspecified atom stereocenters. The smallest absolute Gasteiger partial charge is 0.191 e. The Morgan fingerprint density at radius 2 is 1.82 bits per heavy atom. The van der Waals surface area contributed by atoms with Crippen LogP contribution in [0.5, 0.6) is 0 Å². The fourth-order valence-corrected chi connectivity index (χ4v) is 2.37. The first-order chi connectivity index (χ1) is 13.2. The van der Waals surface area contributed by atoms with Gasteiger partial charge in [0.05, 0.1) is 19.0 Å². The summed E-state index contributed by atoms with van der Waals surface area (Å²) in [5.74, 6) is 1.63. The van der Waals surface area contributed by atoms with Gasteiger partial charge in [0.25, 0.3) is 0 Å². The van der Waals surface area contributed by atoms with Crippen molar-refractivity contribution in [3.05, 3.63) is 59.5 Å². The Hall–Kier alpha value is -1.58. The van der Waals surface area contributed by atoms with E-state index in [0.717, 1.165) is 31.2 Å². The second-order valence-corrected chi connectivity index (χ2v) is 6.51. The number of rotatable bonds is 11. The van der Waals surface area contributed by atoms with Crippen molar-refractivity contribution >= 4 is 29.9 Å².